The van der Waals surface area contributed by atoms with Crippen molar-refractivity contribution in [2.45, 2.75) is 44.9 Å². The van der Waals surface area contributed by atoms with Crippen molar-refractivity contribution in [1.82, 2.24) is 4.90 Å². The van der Waals surface area contributed by atoms with Gasteiger partial charge in [-0.1, -0.05) is 23.8 Å². The van der Waals surface area contributed by atoms with Crippen LogP contribution in [0.5, 0.6) is 0 Å². The van der Waals surface area contributed by atoms with Crippen LogP contribution in [-0.2, 0) is 4.74 Å². The Morgan fingerprint density at radius 1 is 1.37 bits per heavy atom. The van der Waals surface area contributed by atoms with E-state index in [1.54, 1.807) is 0 Å². The Kier molecular flexibility index (Phi) is 3.61. The molecule has 0 saturated carbocycles. The highest BCUT2D eigenvalue weighted by Crippen LogP contribution is 2.30. The Balaban J connectivity index is 1.76. The predicted molar refractivity (Wildman–Crippen MR) is 75.2 cm³/mol. The third-order valence-corrected chi connectivity index (χ3v) is 4.52. The van der Waals surface area contributed by atoms with Gasteiger partial charge in [0.25, 0.3) is 0 Å². The maximum absolute atomic E-state index is 10.6. The van der Waals surface area contributed by atoms with E-state index in [-0.39, 0.29) is 6.10 Å². The van der Waals surface area contributed by atoms with E-state index in [4.69, 9.17) is 4.74 Å². The number of ether oxygens (including phenoxy) is 1. The zero-order valence-electron chi connectivity index (χ0n) is 11.8. The molecular weight excluding hydrogens is 238 g/mol. The van der Waals surface area contributed by atoms with Crippen LogP contribution in [0, 0.1) is 13.8 Å². The zero-order valence-corrected chi connectivity index (χ0v) is 11.8. The topological polar surface area (TPSA) is 32.7 Å². The van der Waals surface area contributed by atoms with E-state index >= 15 is 0 Å². The van der Waals surface area contributed by atoms with Gasteiger partial charge in [0, 0.05) is 12.6 Å². The predicted octanol–water partition coefficient (Wildman–Crippen LogP) is 2.20. The van der Waals surface area contributed by atoms with Gasteiger partial charge < -0.3 is 9.84 Å². The molecule has 3 atom stereocenters. The minimum Gasteiger partial charge on any atom is -0.386 e. The van der Waals surface area contributed by atoms with E-state index in [0.29, 0.717) is 6.04 Å². The molecule has 0 spiro atoms. The first-order valence-electron chi connectivity index (χ1n) is 7.26. The first kappa shape index (κ1) is 13.1. The summed E-state index contributed by atoms with van der Waals surface area (Å²) in [4.78, 5) is 2.47. The fraction of sp³-hybridized carbons (Fsp3) is 0.625. The van der Waals surface area contributed by atoms with E-state index in [2.05, 4.69) is 36.9 Å². The quantitative estimate of drug-likeness (QED) is 0.886. The summed E-state index contributed by atoms with van der Waals surface area (Å²) in [7, 11) is 0. The number of morpholine rings is 1. The summed E-state index contributed by atoms with van der Waals surface area (Å²) in [5, 5.41) is 10.6. The minimum atomic E-state index is -0.513. The lowest BCUT2D eigenvalue weighted by atomic mass is 9.96. The molecule has 2 saturated heterocycles. The van der Waals surface area contributed by atoms with E-state index < -0.39 is 6.10 Å². The molecule has 1 aromatic carbocycles. The molecule has 2 aliphatic heterocycles. The SMILES string of the molecule is Cc1ccc(C)c(C(O)C2CN3CCCC3CO2)c1. The number of aryl methyl sites for hydroxylation is 2. The molecule has 0 aromatic heterocycles. The maximum atomic E-state index is 10.6. The summed E-state index contributed by atoms with van der Waals surface area (Å²) in [6.45, 7) is 6.91. The smallest absolute Gasteiger partial charge is 0.107 e. The molecule has 2 fully saturated rings. The van der Waals surface area contributed by atoms with Crippen molar-refractivity contribution in [2.75, 3.05) is 19.7 Å². The van der Waals surface area contributed by atoms with E-state index in [0.717, 1.165) is 30.8 Å². The molecule has 0 amide bonds. The monoisotopic (exact) mass is 261 g/mol. The largest absolute Gasteiger partial charge is 0.386 e. The highest BCUT2D eigenvalue weighted by atomic mass is 16.5. The van der Waals surface area contributed by atoms with E-state index in [9.17, 15) is 5.11 Å². The van der Waals surface area contributed by atoms with Crippen molar-refractivity contribution in [3.05, 3.63) is 34.9 Å². The van der Waals surface area contributed by atoms with Crippen LogP contribution in [0.2, 0.25) is 0 Å². The van der Waals surface area contributed by atoms with Crippen molar-refractivity contribution < 1.29 is 9.84 Å². The molecule has 1 N–H and O–H groups in total. The average Bonchev–Trinajstić information content (AvgIpc) is 2.88. The Morgan fingerprint density at radius 2 is 2.21 bits per heavy atom. The Labute approximate surface area is 115 Å². The third-order valence-electron chi connectivity index (χ3n) is 4.52. The van der Waals surface area contributed by atoms with Gasteiger partial charge in [0.05, 0.1) is 6.61 Å². The Bertz CT molecular complexity index is 460. The fourth-order valence-electron chi connectivity index (χ4n) is 3.31. The summed E-state index contributed by atoms with van der Waals surface area (Å²) in [6.07, 6.45) is 1.91. The van der Waals surface area contributed by atoms with Gasteiger partial charge in [-0.15, -0.1) is 0 Å². The highest BCUT2D eigenvalue weighted by molar-refractivity contribution is 5.32. The second-order valence-corrected chi connectivity index (χ2v) is 5.97. The van der Waals surface area contributed by atoms with Gasteiger partial charge in [-0.05, 0) is 44.4 Å². The molecule has 3 rings (SSSR count). The zero-order chi connectivity index (χ0) is 13.4. The van der Waals surface area contributed by atoms with Crippen molar-refractivity contribution in [2.24, 2.45) is 0 Å². The van der Waals surface area contributed by atoms with Crippen molar-refractivity contribution >= 4 is 0 Å². The van der Waals surface area contributed by atoms with Gasteiger partial charge in [0.1, 0.15) is 12.2 Å². The van der Waals surface area contributed by atoms with E-state index in [1.807, 2.05) is 0 Å². The number of rotatable bonds is 2. The van der Waals surface area contributed by atoms with Gasteiger partial charge in [0.15, 0.2) is 0 Å². The molecule has 1 aromatic rings. The molecule has 3 unspecified atom stereocenters. The molecule has 0 radical (unpaired) electrons. The molecule has 2 heterocycles. The van der Waals surface area contributed by atoms with Gasteiger partial charge in [-0.25, -0.2) is 0 Å². The normalized spacial score (nSPS) is 29.2. The Morgan fingerprint density at radius 3 is 3.05 bits per heavy atom. The lowest BCUT2D eigenvalue weighted by Gasteiger charge is -2.37. The number of hydrogen-bond acceptors (Lipinski definition) is 3. The van der Waals surface area contributed by atoms with Crippen molar-refractivity contribution in [1.29, 1.82) is 0 Å². The third kappa shape index (κ3) is 2.55. The number of aliphatic hydroxyl groups excluding tert-OH is 1. The molecular formula is C16H23NO2. The summed E-state index contributed by atoms with van der Waals surface area (Å²) in [5.41, 5.74) is 3.35. The molecule has 2 aliphatic rings. The molecule has 0 bridgehead atoms. The number of fused-ring (bicyclic) bond motifs is 1. The summed E-state index contributed by atoms with van der Waals surface area (Å²) < 4.78 is 5.91. The minimum absolute atomic E-state index is 0.0881. The van der Waals surface area contributed by atoms with Crippen LogP contribution in [0.15, 0.2) is 18.2 Å². The first-order valence-corrected chi connectivity index (χ1v) is 7.26. The second-order valence-electron chi connectivity index (χ2n) is 5.97. The summed E-state index contributed by atoms with van der Waals surface area (Å²) in [5.74, 6) is 0. The highest BCUT2D eigenvalue weighted by Gasteiger charge is 2.35. The van der Waals surface area contributed by atoms with Crippen molar-refractivity contribution in [3.8, 4) is 0 Å². The van der Waals surface area contributed by atoms with Gasteiger partial charge in [-0.2, -0.15) is 0 Å². The molecule has 0 aliphatic carbocycles. The Hall–Kier alpha value is -0.900. The number of benzene rings is 1. The van der Waals surface area contributed by atoms with Crippen LogP contribution in [0.25, 0.3) is 0 Å². The van der Waals surface area contributed by atoms with Crippen LogP contribution in [-0.4, -0.2) is 41.8 Å². The number of hydrogen-bond donors (Lipinski definition) is 1. The lowest BCUT2D eigenvalue weighted by molar-refractivity contribution is -0.103. The lowest BCUT2D eigenvalue weighted by Crippen LogP contribution is -2.48. The second kappa shape index (κ2) is 5.23. The number of nitrogens with zero attached hydrogens (tertiary/aromatic N) is 1. The average molecular weight is 261 g/mol. The van der Waals surface area contributed by atoms with Gasteiger partial charge in [-0.3, -0.25) is 4.90 Å². The van der Waals surface area contributed by atoms with Crippen LogP contribution in [0.3, 0.4) is 0 Å². The van der Waals surface area contributed by atoms with Gasteiger partial charge in [0.2, 0.25) is 0 Å². The van der Waals surface area contributed by atoms with Gasteiger partial charge >= 0.3 is 0 Å². The van der Waals surface area contributed by atoms with Crippen LogP contribution in [0.4, 0.5) is 0 Å². The molecule has 3 nitrogen and oxygen atoms in total. The standard InChI is InChI=1S/C16H23NO2/c1-11-5-6-12(2)14(8-11)16(18)15-9-17-7-3-4-13(17)10-19-15/h5-6,8,13,15-16,18H,3-4,7,9-10H2,1-2H3. The van der Waals surface area contributed by atoms with Crippen LogP contribution >= 0.6 is 0 Å². The fourth-order valence-corrected chi connectivity index (χ4v) is 3.31. The molecule has 19 heavy (non-hydrogen) atoms. The van der Waals surface area contributed by atoms with Crippen LogP contribution in [0.1, 0.15) is 35.6 Å². The number of aliphatic hydroxyl groups is 1. The van der Waals surface area contributed by atoms with E-state index in [1.165, 1.54) is 18.4 Å². The maximum Gasteiger partial charge on any atom is 0.107 e. The summed E-state index contributed by atoms with van der Waals surface area (Å²) >= 11 is 0. The van der Waals surface area contributed by atoms with Crippen LogP contribution < -0.4 is 0 Å². The molecule has 104 valence electrons. The molecule has 3 heteroatoms. The van der Waals surface area contributed by atoms with Crippen molar-refractivity contribution in [3.63, 3.8) is 0 Å². The summed E-state index contributed by atoms with van der Waals surface area (Å²) in [6, 6.07) is 6.83. The first-order chi connectivity index (χ1) is 9.15.